The van der Waals surface area contributed by atoms with Crippen LogP contribution in [-0.4, -0.2) is 6.61 Å². The summed E-state index contributed by atoms with van der Waals surface area (Å²) in [5.41, 5.74) is 1.64. The summed E-state index contributed by atoms with van der Waals surface area (Å²) in [6.07, 6.45) is 5.25. The standard InChI is InChI=1S/C9H13NO/c1-4-8(2)5-6-9(3)7-11-10/h4-6H,1-3,7,10H2/b6-5-. The quantitative estimate of drug-likeness (QED) is 0.479. The Morgan fingerprint density at radius 3 is 2.45 bits per heavy atom. The molecule has 0 aliphatic heterocycles. The molecule has 0 rings (SSSR count). The lowest BCUT2D eigenvalue weighted by molar-refractivity contribution is 0.163. The Balaban J connectivity index is 3.82. The van der Waals surface area contributed by atoms with Gasteiger partial charge in [0.2, 0.25) is 0 Å². The van der Waals surface area contributed by atoms with E-state index in [1.807, 2.05) is 0 Å². The summed E-state index contributed by atoms with van der Waals surface area (Å²) in [6, 6.07) is 0. The molecule has 60 valence electrons. The Bertz CT molecular complexity index is 192. The van der Waals surface area contributed by atoms with Crippen molar-refractivity contribution >= 4 is 0 Å². The van der Waals surface area contributed by atoms with Crippen molar-refractivity contribution in [3.05, 3.63) is 49.1 Å². The number of hydrogen-bond donors (Lipinski definition) is 1. The molecule has 0 aliphatic rings. The summed E-state index contributed by atoms with van der Waals surface area (Å²) in [5.74, 6) is 4.83. The highest BCUT2D eigenvalue weighted by atomic mass is 16.6. The summed E-state index contributed by atoms with van der Waals surface area (Å²) in [7, 11) is 0. The molecule has 2 N–H and O–H groups in total. The molecule has 0 aliphatic carbocycles. The summed E-state index contributed by atoms with van der Waals surface area (Å²) in [5, 5.41) is 0. The van der Waals surface area contributed by atoms with Gasteiger partial charge in [-0.2, -0.15) is 0 Å². The number of rotatable bonds is 5. The molecule has 0 heterocycles. The van der Waals surface area contributed by atoms with Crippen molar-refractivity contribution in [3.63, 3.8) is 0 Å². The topological polar surface area (TPSA) is 35.2 Å². The average Bonchev–Trinajstić information content (AvgIpc) is 2.01. The number of hydrogen-bond acceptors (Lipinski definition) is 2. The maximum atomic E-state index is 4.83. The fraction of sp³-hybridized carbons (Fsp3) is 0.111. The Morgan fingerprint density at radius 2 is 2.00 bits per heavy atom. The third-order valence-electron chi connectivity index (χ3n) is 1.06. The van der Waals surface area contributed by atoms with Crippen LogP contribution in [0.2, 0.25) is 0 Å². The lowest BCUT2D eigenvalue weighted by atomic mass is 10.2. The predicted molar refractivity (Wildman–Crippen MR) is 47.8 cm³/mol. The zero-order valence-electron chi connectivity index (χ0n) is 6.55. The highest BCUT2D eigenvalue weighted by Crippen LogP contribution is 1.98. The van der Waals surface area contributed by atoms with E-state index in [1.54, 1.807) is 18.2 Å². The first-order chi connectivity index (χ1) is 5.20. The first kappa shape index (κ1) is 9.88. The van der Waals surface area contributed by atoms with E-state index in [0.29, 0.717) is 6.61 Å². The number of allylic oxidation sites excluding steroid dienone is 3. The lowest BCUT2D eigenvalue weighted by Crippen LogP contribution is -2.01. The van der Waals surface area contributed by atoms with E-state index >= 15 is 0 Å². The minimum absolute atomic E-state index is 0.334. The fourth-order valence-electron chi connectivity index (χ4n) is 0.448. The molecular formula is C9H13NO. The van der Waals surface area contributed by atoms with Gasteiger partial charge in [-0.25, -0.2) is 5.90 Å². The van der Waals surface area contributed by atoms with Gasteiger partial charge >= 0.3 is 0 Å². The molecule has 11 heavy (non-hydrogen) atoms. The van der Waals surface area contributed by atoms with Gasteiger partial charge in [-0.3, -0.25) is 4.84 Å². The van der Waals surface area contributed by atoms with Crippen molar-refractivity contribution in [1.82, 2.24) is 0 Å². The molecular weight excluding hydrogens is 138 g/mol. The molecule has 0 aromatic rings. The van der Waals surface area contributed by atoms with E-state index in [1.165, 1.54) is 0 Å². The van der Waals surface area contributed by atoms with Crippen LogP contribution in [0.25, 0.3) is 0 Å². The molecule has 0 amide bonds. The van der Waals surface area contributed by atoms with Gasteiger partial charge in [0.25, 0.3) is 0 Å². The molecule has 0 aromatic carbocycles. The summed E-state index contributed by atoms with van der Waals surface area (Å²) >= 11 is 0. The van der Waals surface area contributed by atoms with Crippen molar-refractivity contribution in [2.45, 2.75) is 0 Å². The van der Waals surface area contributed by atoms with E-state index in [-0.39, 0.29) is 0 Å². The van der Waals surface area contributed by atoms with Gasteiger partial charge in [-0.05, 0) is 11.1 Å². The lowest BCUT2D eigenvalue weighted by Gasteiger charge is -1.95. The SMILES string of the molecule is C=CC(=C)/C=C\C(=C)CON. The Labute approximate surface area is 67.3 Å². The normalized spacial score (nSPS) is 9.91. The molecule has 0 bridgehead atoms. The summed E-state index contributed by atoms with van der Waals surface area (Å²) < 4.78 is 0. The molecule has 0 spiro atoms. The molecule has 0 saturated heterocycles. The van der Waals surface area contributed by atoms with E-state index < -0.39 is 0 Å². The van der Waals surface area contributed by atoms with Crippen LogP contribution in [0.3, 0.4) is 0 Å². The Morgan fingerprint density at radius 1 is 1.36 bits per heavy atom. The fourth-order valence-corrected chi connectivity index (χ4v) is 0.448. The maximum absolute atomic E-state index is 4.83. The van der Waals surface area contributed by atoms with Crippen molar-refractivity contribution in [2.75, 3.05) is 6.61 Å². The zero-order chi connectivity index (χ0) is 8.69. The van der Waals surface area contributed by atoms with E-state index in [9.17, 15) is 0 Å². The first-order valence-corrected chi connectivity index (χ1v) is 3.19. The average molecular weight is 151 g/mol. The smallest absolute Gasteiger partial charge is 0.0924 e. The van der Waals surface area contributed by atoms with Crippen LogP contribution in [0.1, 0.15) is 0 Å². The summed E-state index contributed by atoms with van der Waals surface area (Å²) in [4.78, 5) is 4.36. The molecule has 0 unspecified atom stereocenters. The molecule has 2 heteroatoms. The van der Waals surface area contributed by atoms with E-state index in [0.717, 1.165) is 11.1 Å². The highest BCUT2D eigenvalue weighted by molar-refractivity contribution is 5.30. The monoisotopic (exact) mass is 151 g/mol. The molecule has 0 atom stereocenters. The molecule has 0 saturated carbocycles. The second-order valence-corrected chi connectivity index (χ2v) is 2.08. The van der Waals surface area contributed by atoms with Crippen molar-refractivity contribution < 1.29 is 4.84 Å². The van der Waals surface area contributed by atoms with Crippen LogP contribution >= 0.6 is 0 Å². The maximum Gasteiger partial charge on any atom is 0.0924 e. The minimum Gasteiger partial charge on any atom is -0.300 e. The van der Waals surface area contributed by atoms with Gasteiger partial charge in [0.15, 0.2) is 0 Å². The molecule has 0 fully saturated rings. The largest absolute Gasteiger partial charge is 0.300 e. The van der Waals surface area contributed by atoms with Gasteiger partial charge in [0, 0.05) is 0 Å². The Kier molecular flexibility index (Phi) is 5.07. The predicted octanol–water partition coefficient (Wildman–Crippen LogP) is 1.73. The number of nitrogens with two attached hydrogens (primary N) is 1. The molecule has 0 radical (unpaired) electrons. The summed E-state index contributed by atoms with van der Waals surface area (Å²) in [6.45, 7) is 11.3. The van der Waals surface area contributed by atoms with Crippen molar-refractivity contribution in [3.8, 4) is 0 Å². The van der Waals surface area contributed by atoms with Gasteiger partial charge < -0.3 is 0 Å². The van der Waals surface area contributed by atoms with Gasteiger partial charge in [0.05, 0.1) is 6.61 Å². The van der Waals surface area contributed by atoms with E-state index in [4.69, 9.17) is 5.90 Å². The van der Waals surface area contributed by atoms with Gasteiger partial charge in [0.1, 0.15) is 0 Å². The third kappa shape index (κ3) is 5.33. The van der Waals surface area contributed by atoms with Crippen LogP contribution in [0, 0.1) is 0 Å². The van der Waals surface area contributed by atoms with Gasteiger partial charge in [-0.1, -0.05) is 38.0 Å². The van der Waals surface area contributed by atoms with Crippen molar-refractivity contribution in [2.24, 2.45) is 5.90 Å². The van der Waals surface area contributed by atoms with Crippen LogP contribution in [0.5, 0.6) is 0 Å². The zero-order valence-corrected chi connectivity index (χ0v) is 6.55. The van der Waals surface area contributed by atoms with Crippen LogP contribution in [0.15, 0.2) is 49.1 Å². The van der Waals surface area contributed by atoms with Gasteiger partial charge in [-0.15, -0.1) is 0 Å². The van der Waals surface area contributed by atoms with Crippen LogP contribution < -0.4 is 5.90 Å². The second-order valence-electron chi connectivity index (χ2n) is 2.08. The van der Waals surface area contributed by atoms with E-state index in [2.05, 4.69) is 24.6 Å². The second kappa shape index (κ2) is 5.65. The first-order valence-electron chi connectivity index (χ1n) is 3.19. The highest BCUT2D eigenvalue weighted by Gasteiger charge is 1.85. The Hall–Kier alpha value is -1.12. The molecule has 2 nitrogen and oxygen atoms in total. The van der Waals surface area contributed by atoms with Crippen molar-refractivity contribution in [1.29, 1.82) is 0 Å². The molecule has 0 aromatic heterocycles. The minimum atomic E-state index is 0.334. The third-order valence-corrected chi connectivity index (χ3v) is 1.06. The van der Waals surface area contributed by atoms with Crippen LogP contribution in [0.4, 0.5) is 0 Å². The van der Waals surface area contributed by atoms with Crippen LogP contribution in [-0.2, 0) is 4.84 Å².